The first-order valence-electron chi connectivity index (χ1n) is 6.92. The maximum atomic E-state index is 11.6. The average molecular weight is 314 g/mol. The van der Waals surface area contributed by atoms with E-state index in [9.17, 15) is 4.79 Å². The number of urea groups is 1. The lowest BCUT2D eigenvalue weighted by Crippen LogP contribution is -2.35. The second-order valence-electron chi connectivity index (χ2n) is 5.41. The van der Waals surface area contributed by atoms with E-state index in [2.05, 4.69) is 9.68 Å². The Labute approximate surface area is 130 Å². The summed E-state index contributed by atoms with van der Waals surface area (Å²) in [7, 11) is -0.234. The van der Waals surface area contributed by atoms with Gasteiger partial charge in [-0.1, -0.05) is 18.2 Å². The number of nitrogens with zero attached hydrogens (tertiary/aromatic N) is 2. The first kappa shape index (κ1) is 14.6. The van der Waals surface area contributed by atoms with E-state index in [1.54, 1.807) is 11.9 Å². The second-order valence-corrected chi connectivity index (χ2v) is 7.81. The molecule has 1 unspecified atom stereocenters. The fourth-order valence-corrected chi connectivity index (χ4v) is 3.70. The molecule has 5 nitrogen and oxygen atoms in total. The highest BCUT2D eigenvalue weighted by Gasteiger charge is 2.19. The zero-order valence-corrected chi connectivity index (χ0v) is 13.4. The van der Waals surface area contributed by atoms with Gasteiger partial charge in [0.25, 0.3) is 0 Å². The first-order valence-corrected chi connectivity index (χ1v) is 8.91. The summed E-state index contributed by atoms with van der Waals surface area (Å²) in [6.45, 7) is 0.555. The zero-order valence-electron chi connectivity index (χ0n) is 12.5. The van der Waals surface area contributed by atoms with Crippen molar-refractivity contribution in [3.05, 3.63) is 54.1 Å². The number of carbonyl (C=O) groups is 1. The fraction of sp³-hybridized carbons (Fsp3) is 0.188. The summed E-state index contributed by atoms with van der Waals surface area (Å²) in [4.78, 5) is 14.2. The molecule has 0 spiro atoms. The molecule has 0 aromatic heterocycles. The number of amides is 2. The Balaban J connectivity index is 2.00. The maximum absolute atomic E-state index is 11.6. The standard InChI is InChI=1S/C16H18N4OS/c1-20-11-12-10-13(8-9-15(12)18-16(20)21)19-22(2,17)14-6-4-3-5-7-14/h3-10,17H,11H2,1-2H3,(H,18,21). The summed E-state index contributed by atoms with van der Waals surface area (Å²) in [5, 5.41) is 2.84. The molecule has 2 amide bonds. The Morgan fingerprint density at radius 1 is 1.23 bits per heavy atom. The quantitative estimate of drug-likeness (QED) is 0.861. The van der Waals surface area contributed by atoms with Crippen LogP contribution in [0.3, 0.4) is 0 Å². The lowest BCUT2D eigenvalue weighted by atomic mass is 10.1. The predicted molar refractivity (Wildman–Crippen MR) is 89.7 cm³/mol. The van der Waals surface area contributed by atoms with Crippen LogP contribution in [0, 0.1) is 4.78 Å². The van der Waals surface area contributed by atoms with Crippen molar-refractivity contribution in [2.45, 2.75) is 11.4 Å². The lowest BCUT2D eigenvalue weighted by molar-refractivity contribution is 0.218. The van der Waals surface area contributed by atoms with Gasteiger partial charge < -0.3 is 10.2 Å². The van der Waals surface area contributed by atoms with Crippen molar-refractivity contribution in [3.63, 3.8) is 0 Å². The van der Waals surface area contributed by atoms with Crippen LogP contribution in [0.15, 0.2) is 57.8 Å². The number of hydrogen-bond donors (Lipinski definition) is 2. The topological polar surface area (TPSA) is 68.6 Å². The third-order valence-corrected chi connectivity index (χ3v) is 5.34. The van der Waals surface area contributed by atoms with Crippen molar-refractivity contribution in [1.82, 2.24) is 4.90 Å². The van der Waals surface area contributed by atoms with Gasteiger partial charge in [0.15, 0.2) is 0 Å². The molecule has 0 saturated carbocycles. The van der Waals surface area contributed by atoms with Crippen LogP contribution in [-0.4, -0.2) is 24.2 Å². The summed E-state index contributed by atoms with van der Waals surface area (Å²) in [6.07, 6.45) is 1.86. The molecule has 0 bridgehead atoms. The molecule has 1 aliphatic rings. The van der Waals surface area contributed by atoms with Crippen molar-refractivity contribution >= 4 is 27.0 Å². The smallest absolute Gasteiger partial charge is 0.321 e. The van der Waals surface area contributed by atoms with Gasteiger partial charge in [-0.05, 0) is 45.5 Å². The van der Waals surface area contributed by atoms with Crippen molar-refractivity contribution in [2.75, 3.05) is 18.6 Å². The summed E-state index contributed by atoms with van der Waals surface area (Å²) in [6, 6.07) is 15.3. The van der Waals surface area contributed by atoms with E-state index in [4.69, 9.17) is 4.78 Å². The van der Waals surface area contributed by atoms with Gasteiger partial charge in [-0.3, -0.25) is 4.78 Å². The van der Waals surface area contributed by atoms with E-state index in [1.807, 2.05) is 54.8 Å². The molecule has 3 rings (SSSR count). The number of fused-ring (bicyclic) bond motifs is 1. The summed E-state index contributed by atoms with van der Waals surface area (Å²) >= 11 is 0. The molecule has 1 heterocycles. The van der Waals surface area contributed by atoms with Gasteiger partial charge in [0.1, 0.15) is 0 Å². The maximum Gasteiger partial charge on any atom is 0.321 e. The third-order valence-electron chi connectivity index (χ3n) is 3.57. The molecule has 22 heavy (non-hydrogen) atoms. The lowest BCUT2D eigenvalue weighted by Gasteiger charge is -2.26. The van der Waals surface area contributed by atoms with Crippen LogP contribution in [0.5, 0.6) is 0 Å². The Hall–Kier alpha value is -2.34. The van der Waals surface area contributed by atoms with Crippen molar-refractivity contribution in [1.29, 1.82) is 4.78 Å². The fourth-order valence-electron chi connectivity index (χ4n) is 2.38. The Bertz CT molecular complexity index is 838. The summed E-state index contributed by atoms with van der Waals surface area (Å²) in [5.74, 6) is 0. The van der Waals surface area contributed by atoms with Gasteiger partial charge in [0, 0.05) is 30.4 Å². The SMILES string of the molecule is CN1Cc2cc(N=S(C)(=N)c3ccccc3)ccc2NC1=O. The van der Waals surface area contributed by atoms with Gasteiger partial charge in [0.05, 0.1) is 5.69 Å². The molecule has 0 aliphatic carbocycles. The minimum atomic E-state index is -1.99. The Morgan fingerprint density at radius 3 is 2.68 bits per heavy atom. The predicted octanol–water partition coefficient (Wildman–Crippen LogP) is 4.08. The van der Waals surface area contributed by atoms with E-state index < -0.39 is 9.62 Å². The van der Waals surface area contributed by atoms with E-state index in [0.717, 1.165) is 21.8 Å². The molecule has 114 valence electrons. The molecule has 2 N–H and O–H groups in total. The van der Waals surface area contributed by atoms with Crippen molar-refractivity contribution in [3.8, 4) is 0 Å². The van der Waals surface area contributed by atoms with Crippen LogP contribution in [0.2, 0.25) is 0 Å². The second kappa shape index (κ2) is 5.46. The molecule has 1 aliphatic heterocycles. The van der Waals surface area contributed by atoms with E-state index >= 15 is 0 Å². The van der Waals surface area contributed by atoms with Gasteiger partial charge >= 0.3 is 6.03 Å². The molecule has 2 aromatic carbocycles. The zero-order chi connectivity index (χ0) is 15.7. The molecule has 1 atom stereocenters. The summed E-state index contributed by atoms with van der Waals surface area (Å²) < 4.78 is 13.2. The highest BCUT2D eigenvalue weighted by atomic mass is 32.2. The number of hydrogen-bond acceptors (Lipinski definition) is 3. The number of nitrogens with one attached hydrogen (secondary N) is 2. The number of rotatable bonds is 2. The number of benzene rings is 2. The molecule has 0 fully saturated rings. The normalized spacial score (nSPS) is 16.5. The molecular weight excluding hydrogens is 296 g/mol. The van der Waals surface area contributed by atoms with Crippen LogP contribution in [0.25, 0.3) is 0 Å². The minimum absolute atomic E-state index is 0.0996. The van der Waals surface area contributed by atoms with Gasteiger partial charge in [0.2, 0.25) is 0 Å². The van der Waals surface area contributed by atoms with Crippen LogP contribution >= 0.6 is 0 Å². The van der Waals surface area contributed by atoms with E-state index in [0.29, 0.717) is 6.54 Å². The van der Waals surface area contributed by atoms with Gasteiger partial charge in [-0.2, -0.15) is 0 Å². The molecule has 0 radical (unpaired) electrons. The highest BCUT2D eigenvalue weighted by Crippen LogP contribution is 2.28. The van der Waals surface area contributed by atoms with Crippen LogP contribution in [0.4, 0.5) is 16.2 Å². The van der Waals surface area contributed by atoms with Crippen LogP contribution in [-0.2, 0) is 16.2 Å². The molecule has 6 heteroatoms. The summed E-state index contributed by atoms with van der Waals surface area (Å²) in [5.41, 5.74) is 2.62. The average Bonchev–Trinajstić information content (AvgIpc) is 2.49. The largest absolute Gasteiger partial charge is 0.323 e. The van der Waals surface area contributed by atoms with Gasteiger partial charge in [-0.15, -0.1) is 0 Å². The molecular formula is C16H18N4OS. The highest BCUT2D eigenvalue weighted by molar-refractivity contribution is 7.94. The van der Waals surface area contributed by atoms with Crippen LogP contribution < -0.4 is 5.32 Å². The molecule has 2 aromatic rings. The van der Waals surface area contributed by atoms with Gasteiger partial charge in [-0.25, -0.2) is 9.16 Å². The van der Waals surface area contributed by atoms with E-state index in [-0.39, 0.29) is 6.03 Å². The first-order chi connectivity index (χ1) is 10.5. The van der Waals surface area contributed by atoms with Crippen LogP contribution in [0.1, 0.15) is 5.56 Å². The number of carbonyl (C=O) groups excluding carboxylic acids is 1. The monoisotopic (exact) mass is 314 g/mol. The Kier molecular flexibility index (Phi) is 3.62. The van der Waals surface area contributed by atoms with Crippen molar-refractivity contribution < 1.29 is 4.79 Å². The van der Waals surface area contributed by atoms with E-state index in [1.165, 1.54) is 0 Å². The molecule has 0 saturated heterocycles. The number of anilines is 1. The third kappa shape index (κ3) is 2.82. The Morgan fingerprint density at radius 2 is 1.95 bits per heavy atom. The van der Waals surface area contributed by atoms with Crippen molar-refractivity contribution in [2.24, 2.45) is 4.36 Å². The minimum Gasteiger partial charge on any atom is -0.323 e.